The number of aryl methyl sites for hydroxylation is 2. The smallest absolute Gasteiger partial charge is 0.252 e. The van der Waals surface area contributed by atoms with Crippen LogP contribution in [0.15, 0.2) is 54.6 Å². The molecule has 1 atom stereocenters. The molecule has 2 aromatic heterocycles. The Labute approximate surface area is 199 Å². The van der Waals surface area contributed by atoms with Gasteiger partial charge in [-0.25, -0.2) is 14.4 Å². The van der Waals surface area contributed by atoms with Crippen molar-refractivity contribution < 1.29 is 9.18 Å². The summed E-state index contributed by atoms with van der Waals surface area (Å²) in [6.07, 6.45) is 0. The monoisotopic (exact) mass is 479 g/mol. The molecule has 33 heavy (non-hydrogen) atoms. The van der Waals surface area contributed by atoms with E-state index in [1.807, 2.05) is 32.0 Å². The van der Waals surface area contributed by atoms with Crippen LogP contribution in [0.25, 0.3) is 17.2 Å². The van der Waals surface area contributed by atoms with E-state index in [-0.39, 0.29) is 17.5 Å². The van der Waals surface area contributed by atoms with Gasteiger partial charge in [0.1, 0.15) is 11.6 Å². The Morgan fingerprint density at radius 3 is 2.48 bits per heavy atom. The number of halogens is 2. The fourth-order valence-corrected chi connectivity index (χ4v) is 5.19. The molecule has 0 spiro atoms. The lowest BCUT2D eigenvalue weighted by Gasteiger charge is -2.17. The maximum atomic E-state index is 14.9. The summed E-state index contributed by atoms with van der Waals surface area (Å²) in [5.74, 6) is 0.402. The summed E-state index contributed by atoms with van der Waals surface area (Å²) in [7, 11) is 0. The lowest BCUT2D eigenvalue weighted by atomic mass is 9.99. The molecule has 1 aliphatic rings. The molecule has 1 unspecified atom stereocenters. The molecule has 0 saturated heterocycles. The highest BCUT2D eigenvalue weighted by atomic mass is 35.5. The normalized spacial score (nSPS) is 15.6. The lowest BCUT2D eigenvalue weighted by molar-refractivity contribution is -0.113. The Bertz CT molecular complexity index is 1350. The average Bonchev–Trinajstić information content (AvgIpc) is 3.05. The standard InChI is InChI=1S/C24H19ClFN5OS/c1-13-11-14(2)28-24(27-13)31-23-20(21(30-31)15-7-9-16(25)10-8-15)22(33-12-19(32)29-23)17-5-3-4-6-18(17)26/h3-11,22H,12H2,1-2H3,(H,29,32). The van der Waals surface area contributed by atoms with E-state index in [2.05, 4.69) is 15.3 Å². The molecule has 6 nitrogen and oxygen atoms in total. The van der Waals surface area contributed by atoms with Gasteiger partial charge < -0.3 is 5.32 Å². The number of amides is 1. The number of carbonyl (C=O) groups is 1. The summed E-state index contributed by atoms with van der Waals surface area (Å²) in [5, 5.41) is 7.91. The zero-order chi connectivity index (χ0) is 23.1. The molecule has 4 aromatic rings. The molecule has 166 valence electrons. The van der Waals surface area contributed by atoms with E-state index in [0.29, 0.717) is 33.6 Å². The Balaban J connectivity index is 1.82. The summed E-state index contributed by atoms with van der Waals surface area (Å²) in [5.41, 5.74) is 4.12. The van der Waals surface area contributed by atoms with Crippen molar-refractivity contribution in [3.63, 3.8) is 0 Å². The summed E-state index contributed by atoms with van der Waals surface area (Å²) >= 11 is 7.47. The van der Waals surface area contributed by atoms with Gasteiger partial charge in [0.2, 0.25) is 5.91 Å². The van der Waals surface area contributed by atoms with E-state index in [9.17, 15) is 9.18 Å². The van der Waals surface area contributed by atoms with E-state index in [1.165, 1.54) is 22.5 Å². The highest BCUT2D eigenvalue weighted by molar-refractivity contribution is 8.00. The topological polar surface area (TPSA) is 72.7 Å². The minimum Gasteiger partial charge on any atom is -0.309 e. The van der Waals surface area contributed by atoms with Crippen molar-refractivity contribution in [2.24, 2.45) is 0 Å². The van der Waals surface area contributed by atoms with Gasteiger partial charge in [0.05, 0.1) is 16.7 Å². The minimum atomic E-state index is -0.467. The second kappa shape index (κ2) is 8.61. The Morgan fingerprint density at radius 1 is 1.09 bits per heavy atom. The van der Waals surface area contributed by atoms with E-state index in [0.717, 1.165) is 17.0 Å². The summed E-state index contributed by atoms with van der Waals surface area (Å²) in [4.78, 5) is 21.8. The van der Waals surface area contributed by atoms with Gasteiger partial charge in [-0.1, -0.05) is 41.9 Å². The number of rotatable bonds is 3. The first-order chi connectivity index (χ1) is 15.9. The molecule has 0 fully saturated rings. The number of nitrogens with zero attached hydrogens (tertiary/aromatic N) is 4. The number of fused-ring (bicyclic) bond motifs is 1. The summed E-state index contributed by atoms with van der Waals surface area (Å²) in [6.45, 7) is 3.74. The third kappa shape index (κ3) is 4.12. The van der Waals surface area contributed by atoms with Crippen LogP contribution in [-0.2, 0) is 4.79 Å². The minimum absolute atomic E-state index is 0.168. The highest BCUT2D eigenvalue weighted by Crippen LogP contribution is 2.47. The van der Waals surface area contributed by atoms with Crippen LogP contribution in [0, 0.1) is 19.7 Å². The second-order valence-electron chi connectivity index (χ2n) is 7.74. The van der Waals surface area contributed by atoms with Crippen molar-refractivity contribution in [3.8, 4) is 17.2 Å². The van der Waals surface area contributed by atoms with Crippen molar-refractivity contribution in [2.75, 3.05) is 11.1 Å². The fraction of sp³-hybridized carbons (Fsp3) is 0.167. The van der Waals surface area contributed by atoms with Gasteiger partial charge in [-0.2, -0.15) is 9.78 Å². The molecular weight excluding hydrogens is 461 g/mol. The van der Waals surface area contributed by atoms with Crippen LogP contribution in [0.1, 0.15) is 27.8 Å². The SMILES string of the molecule is Cc1cc(C)nc(-n2nc(-c3ccc(Cl)cc3)c3c2NC(=O)CSC3c2ccccc2F)n1. The van der Waals surface area contributed by atoms with Crippen LogP contribution in [0.5, 0.6) is 0 Å². The Kier molecular flexibility index (Phi) is 5.64. The molecular formula is C24H19ClFN5OS. The number of aromatic nitrogens is 4. The van der Waals surface area contributed by atoms with Crippen molar-refractivity contribution in [2.45, 2.75) is 19.1 Å². The van der Waals surface area contributed by atoms with Crippen LogP contribution >= 0.6 is 23.4 Å². The number of hydrogen-bond donors (Lipinski definition) is 1. The molecule has 5 rings (SSSR count). The first kappa shape index (κ1) is 21.6. The molecule has 0 saturated carbocycles. The fourth-order valence-electron chi connectivity index (χ4n) is 3.91. The zero-order valence-corrected chi connectivity index (χ0v) is 19.4. The van der Waals surface area contributed by atoms with Crippen molar-refractivity contribution >= 4 is 35.1 Å². The van der Waals surface area contributed by atoms with Crippen LogP contribution < -0.4 is 5.32 Å². The molecule has 1 N–H and O–H groups in total. The van der Waals surface area contributed by atoms with Crippen LogP contribution in [-0.4, -0.2) is 31.4 Å². The van der Waals surface area contributed by atoms with Crippen molar-refractivity contribution in [1.82, 2.24) is 19.7 Å². The number of carbonyl (C=O) groups excluding carboxylic acids is 1. The Hall–Kier alpha value is -3.23. The zero-order valence-electron chi connectivity index (χ0n) is 17.8. The third-order valence-corrected chi connectivity index (χ3v) is 6.79. The molecule has 0 bridgehead atoms. The van der Waals surface area contributed by atoms with Gasteiger partial charge in [-0.15, -0.1) is 11.8 Å². The Morgan fingerprint density at radius 2 is 1.79 bits per heavy atom. The largest absolute Gasteiger partial charge is 0.309 e. The summed E-state index contributed by atoms with van der Waals surface area (Å²) in [6, 6.07) is 15.7. The second-order valence-corrected chi connectivity index (χ2v) is 9.27. The van der Waals surface area contributed by atoms with Gasteiger partial charge in [-0.3, -0.25) is 4.79 Å². The maximum absolute atomic E-state index is 14.9. The molecule has 0 aliphatic carbocycles. The predicted molar refractivity (Wildman–Crippen MR) is 128 cm³/mol. The van der Waals surface area contributed by atoms with Crippen LogP contribution in [0.4, 0.5) is 10.2 Å². The van der Waals surface area contributed by atoms with E-state index in [1.54, 1.807) is 30.3 Å². The predicted octanol–water partition coefficient (Wildman–Crippen LogP) is 5.51. The van der Waals surface area contributed by atoms with E-state index >= 15 is 0 Å². The van der Waals surface area contributed by atoms with Crippen molar-refractivity contribution in [3.05, 3.63) is 88.0 Å². The summed E-state index contributed by atoms with van der Waals surface area (Å²) < 4.78 is 16.5. The molecule has 3 heterocycles. The first-order valence-corrected chi connectivity index (χ1v) is 11.7. The molecule has 9 heteroatoms. The number of hydrogen-bond acceptors (Lipinski definition) is 5. The van der Waals surface area contributed by atoms with Crippen LogP contribution in [0.3, 0.4) is 0 Å². The molecule has 1 amide bonds. The van der Waals surface area contributed by atoms with Gasteiger partial charge in [0, 0.05) is 33.1 Å². The highest BCUT2D eigenvalue weighted by Gasteiger charge is 2.34. The van der Waals surface area contributed by atoms with Crippen molar-refractivity contribution in [1.29, 1.82) is 0 Å². The van der Waals surface area contributed by atoms with E-state index in [4.69, 9.17) is 16.7 Å². The van der Waals surface area contributed by atoms with Gasteiger partial charge in [-0.05, 0) is 38.1 Å². The van der Waals surface area contributed by atoms with Gasteiger partial charge in [0.25, 0.3) is 5.95 Å². The van der Waals surface area contributed by atoms with Gasteiger partial charge in [0.15, 0.2) is 0 Å². The molecule has 1 aliphatic heterocycles. The molecule has 0 radical (unpaired) electrons. The first-order valence-electron chi connectivity index (χ1n) is 10.3. The number of thioether (sulfide) groups is 1. The quantitative estimate of drug-likeness (QED) is 0.419. The van der Waals surface area contributed by atoms with Crippen LogP contribution in [0.2, 0.25) is 5.02 Å². The molecule has 2 aromatic carbocycles. The third-order valence-electron chi connectivity index (χ3n) is 5.29. The van der Waals surface area contributed by atoms with Gasteiger partial charge >= 0.3 is 0 Å². The average molecular weight is 480 g/mol. The maximum Gasteiger partial charge on any atom is 0.252 e. The van der Waals surface area contributed by atoms with E-state index < -0.39 is 5.25 Å². The number of anilines is 1. The lowest BCUT2D eigenvalue weighted by Crippen LogP contribution is -2.17. The number of benzene rings is 2. The number of nitrogens with one attached hydrogen (secondary N) is 1.